The Hall–Kier alpha value is -1.32. The lowest BCUT2D eigenvalue weighted by Crippen LogP contribution is -2.13. The van der Waals surface area contributed by atoms with Crippen LogP contribution in [0.1, 0.15) is 5.56 Å². The molecule has 1 N–H and O–H groups in total. The number of anilines is 2. The Labute approximate surface area is 72.6 Å². The van der Waals surface area contributed by atoms with Crippen LogP contribution in [0.25, 0.3) is 0 Å². The van der Waals surface area contributed by atoms with Crippen LogP contribution in [0.5, 0.6) is 0 Å². The monoisotopic (exact) mass is 166 g/mol. The van der Waals surface area contributed by atoms with E-state index in [1.165, 1.54) is 0 Å². The molecule has 0 bridgehead atoms. The molecule has 0 aliphatic carbocycles. The first kappa shape index (κ1) is 8.77. The van der Waals surface area contributed by atoms with Crippen LogP contribution < -0.4 is 10.2 Å². The summed E-state index contributed by atoms with van der Waals surface area (Å²) < 4.78 is 0. The zero-order chi connectivity index (χ0) is 9.14. The highest BCUT2D eigenvalue weighted by Crippen LogP contribution is 2.18. The fourth-order valence-electron chi connectivity index (χ4n) is 1.14. The summed E-state index contributed by atoms with van der Waals surface area (Å²) in [6, 6.07) is 0. The number of nitrogens with zero attached hydrogens (tertiary/aromatic N) is 3. The maximum atomic E-state index is 4.16. The molecule has 0 saturated carbocycles. The van der Waals surface area contributed by atoms with Crippen LogP contribution in [0.3, 0.4) is 0 Å². The normalized spacial score (nSPS) is 9.67. The van der Waals surface area contributed by atoms with E-state index in [2.05, 4.69) is 15.3 Å². The number of nitrogens with one attached hydrogen (secondary N) is 1. The zero-order valence-corrected chi connectivity index (χ0v) is 7.92. The summed E-state index contributed by atoms with van der Waals surface area (Å²) in [5.74, 6) is 1.84. The van der Waals surface area contributed by atoms with E-state index in [4.69, 9.17) is 0 Å². The molecule has 0 radical (unpaired) electrons. The molecule has 1 heterocycles. The molecule has 0 amide bonds. The lowest BCUT2D eigenvalue weighted by Gasteiger charge is -2.15. The Kier molecular flexibility index (Phi) is 2.47. The van der Waals surface area contributed by atoms with Gasteiger partial charge in [0.2, 0.25) is 0 Å². The smallest absolute Gasteiger partial charge is 0.136 e. The lowest BCUT2D eigenvalue weighted by atomic mass is 10.3. The van der Waals surface area contributed by atoms with Gasteiger partial charge in [-0.15, -0.1) is 0 Å². The van der Waals surface area contributed by atoms with Crippen LogP contribution in [0.2, 0.25) is 0 Å². The van der Waals surface area contributed by atoms with E-state index >= 15 is 0 Å². The molecule has 1 aromatic rings. The van der Waals surface area contributed by atoms with Gasteiger partial charge in [-0.3, -0.25) is 0 Å². The maximum Gasteiger partial charge on any atom is 0.136 e. The summed E-state index contributed by atoms with van der Waals surface area (Å²) in [6.45, 7) is 2.00. The van der Waals surface area contributed by atoms with Crippen molar-refractivity contribution in [3.05, 3.63) is 11.9 Å². The van der Waals surface area contributed by atoms with Gasteiger partial charge >= 0.3 is 0 Å². The Bertz CT molecular complexity index is 270. The van der Waals surface area contributed by atoms with E-state index in [0.29, 0.717) is 0 Å². The van der Waals surface area contributed by atoms with Crippen LogP contribution in [-0.4, -0.2) is 31.1 Å². The van der Waals surface area contributed by atoms with Crippen molar-refractivity contribution in [2.75, 3.05) is 31.4 Å². The highest BCUT2D eigenvalue weighted by molar-refractivity contribution is 5.56. The van der Waals surface area contributed by atoms with Gasteiger partial charge in [0, 0.05) is 26.7 Å². The molecule has 0 fully saturated rings. The summed E-state index contributed by atoms with van der Waals surface area (Å²) in [7, 11) is 5.79. The first-order chi connectivity index (χ1) is 5.66. The average Bonchev–Trinajstić information content (AvgIpc) is 2.04. The number of hydrogen-bond donors (Lipinski definition) is 1. The minimum Gasteiger partial charge on any atom is -0.373 e. The summed E-state index contributed by atoms with van der Waals surface area (Å²) in [4.78, 5) is 10.2. The molecule has 1 rings (SSSR count). The fourth-order valence-corrected chi connectivity index (χ4v) is 1.14. The van der Waals surface area contributed by atoms with Crippen LogP contribution in [0.15, 0.2) is 6.33 Å². The topological polar surface area (TPSA) is 41.1 Å². The minimum atomic E-state index is 0.883. The SMILES string of the molecule is CNc1ncnc(N(C)C)c1C. The molecule has 0 aliphatic heterocycles. The molecule has 66 valence electrons. The third-order valence-corrected chi connectivity index (χ3v) is 1.72. The van der Waals surface area contributed by atoms with Gasteiger partial charge in [-0.2, -0.15) is 0 Å². The molecule has 4 nitrogen and oxygen atoms in total. The Balaban J connectivity index is 3.14. The van der Waals surface area contributed by atoms with E-state index in [9.17, 15) is 0 Å². The molecule has 0 unspecified atom stereocenters. The highest BCUT2D eigenvalue weighted by Gasteiger charge is 2.05. The maximum absolute atomic E-state index is 4.16. The number of hydrogen-bond acceptors (Lipinski definition) is 4. The zero-order valence-electron chi connectivity index (χ0n) is 7.92. The van der Waals surface area contributed by atoms with Crippen molar-refractivity contribution in [3.8, 4) is 0 Å². The molecule has 0 spiro atoms. The van der Waals surface area contributed by atoms with Crippen LogP contribution in [0.4, 0.5) is 11.6 Å². The second-order valence-corrected chi connectivity index (χ2v) is 2.82. The summed E-state index contributed by atoms with van der Waals surface area (Å²) in [5, 5.41) is 3.01. The first-order valence-corrected chi connectivity index (χ1v) is 3.83. The summed E-state index contributed by atoms with van der Waals surface area (Å²) >= 11 is 0. The van der Waals surface area contributed by atoms with Gasteiger partial charge in [-0.1, -0.05) is 0 Å². The molecule has 1 aromatic heterocycles. The highest BCUT2D eigenvalue weighted by atomic mass is 15.2. The van der Waals surface area contributed by atoms with E-state index in [-0.39, 0.29) is 0 Å². The van der Waals surface area contributed by atoms with Gasteiger partial charge in [0.15, 0.2) is 0 Å². The molecular weight excluding hydrogens is 152 g/mol. The van der Waals surface area contributed by atoms with Gasteiger partial charge < -0.3 is 10.2 Å². The van der Waals surface area contributed by atoms with Crippen molar-refractivity contribution in [3.63, 3.8) is 0 Å². The minimum absolute atomic E-state index is 0.883. The van der Waals surface area contributed by atoms with Gasteiger partial charge in [0.05, 0.1) is 0 Å². The standard InChI is InChI=1S/C8H14N4/c1-6-7(9-2)10-5-11-8(6)12(3)4/h5H,1-4H3,(H,9,10,11). The third-order valence-electron chi connectivity index (χ3n) is 1.72. The Morgan fingerprint density at radius 3 is 2.50 bits per heavy atom. The predicted octanol–water partition coefficient (Wildman–Crippen LogP) is 0.893. The van der Waals surface area contributed by atoms with Crippen molar-refractivity contribution in [2.24, 2.45) is 0 Å². The van der Waals surface area contributed by atoms with E-state index in [1.807, 2.05) is 33.0 Å². The van der Waals surface area contributed by atoms with Crippen molar-refractivity contribution >= 4 is 11.6 Å². The van der Waals surface area contributed by atoms with Crippen LogP contribution >= 0.6 is 0 Å². The Morgan fingerprint density at radius 1 is 1.33 bits per heavy atom. The summed E-state index contributed by atoms with van der Waals surface area (Å²) in [6.07, 6.45) is 1.56. The first-order valence-electron chi connectivity index (χ1n) is 3.83. The number of rotatable bonds is 2. The summed E-state index contributed by atoms with van der Waals surface area (Å²) in [5.41, 5.74) is 1.07. The fraction of sp³-hybridized carbons (Fsp3) is 0.500. The van der Waals surface area contributed by atoms with Gasteiger partial charge in [-0.05, 0) is 6.92 Å². The average molecular weight is 166 g/mol. The molecule has 0 atom stereocenters. The molecule has 12 heavy (non-hydrogen) atoms. The van der Waals surface area contributed by atoms with Crippen molar-refractivity contribution < 1.29 is 0 Å². The Morgan fingerprint density at radius 2 is 2.00 bits per heavy atom. The predicted molar refractivity (Wildman–Crippen MR) is 50.6 cm³/mol. The largest absolute Gasteiger partial charge is 0.373 e. The second kappa shape index (κ2) is 3.38. The molecule has 0 aliphatic rings. The van der Waals surface area contributed by atoms with Crippen LogP contribution in [0, 0.1) is 6.92 Å². The third kappa shape index (κ3) is 1.47. The van der Waals surface area contributed by atoms with Gasteiger partial charge in [-0.25, -0.2) is 9.97 Å². The van der Waals surface area contributed by atoms with Gasteiger partial charge in [0.25, 0.3) is 0 Å². The van der Waals surface area contributed by atoms with Crippen LogP contribution in [-0.2, 0) is 0 Å². The van der Waals surface area contributed by atoms with Crippen molar-refractivity contribution in [1.82, 2.24) is 9.97 Å². The lowest BCUT2D eigenvalue weighted by molar-refractivity contribution is 1.01. The van der Waals surface area contributed by atoms with Crippen molar-refractivity contribution in [2.45, 2.75) is 6.92 Å². The number of aromatic nitrogens is 2. The van der Waals surface area contributed by atoms with Gasteiger partial charge in [0.1, 0.15) is 18.0 Å². The molecule has 0 aromatic carbocycles. The van der Waals surface area contributed by atoms with Crippen molar-refractivity contribution in [1.29, 1.82) is 0 Å². The quantitative estimate of drug-likeness (QED) is 0.708. The van der Waals surface area contributed by atoms with E-state index in [1.54, 1.807) is 6.33 Å². The molecule has 4 heteroatoms. The molecular formula is C8H14N4. The molecule has 0 saturated heterocycles. The second-order valence-electron chi connectivity index (χ2n) is 2.82. The van der Waals surface area contributed by atoms with E-state index in [0.717, 1.165) is 17.2 Å². The van der Waals surface area contributed by atoms with E-state index < -0.39 is 0 Å².